The van der Waals surface area contributed by atoms with Gasteiger partial charge in [-0.2, -0.15) is 5.26 Å². The van der Waals surface area contributed by atoms with E-state index in [4.69, 9.17) is 14.7 Å². The fourth-order valence-corrected chi connectivity index (χ4v) is 1.63. The molecule has 1 fully saturated rings. The molecule has 0 spiro atoms. The molecule has 1 aliphatic rings. The highest BCUT2D eigenvalue weighted by molar-refractivity contribution is 5.48. The highest BCUT2D eigenvalue weighted by Gasteiger charge is 2.47. The quantitative estimate of drug-likeness (QED) is 0.751. The Morgan fingerprint density at radius 2 is 2.13 bits per heavy atom. The molecule has 4 nitrogen and oxygen atoms in total. The van der Waals surface area contributed by atoms with Gasteiger partial charge in [0.25, 0.3) is 0 Å². The molecule has 0 radical (unpaired) electrons. The van der Waals surface area contributed by atoms with Crippen molar-refractivity contribution in [1.29, 1.82) is 5.26 Å². The van der Waals surface area contributed by atoms with Crippen LogP contribution in [0.4, 0.5) is 0 Å². The van der Waals surface area contributed by atoms with Gasteiger partial charge in [-0.1, -0.05) is 0 Å². The molecule has 1 aromatic rings. The number of pyridine rings is 1. The Hall–Kier alpha value is -1.76. The number of methoxy groups -OCH3 is 2. The average Bonchev–Trinajstić information content (AvgIpc) is 3.09. The second-order valence-electron chi connectivity index (χ2n) is 3.62. The van der Waals surface area contributed by atoms with Gasteiger partial charge in [0.1, 0.15) is 5.75 Å². The van der Waals surface area contributed by atoms with Gasteiger partial charge < -0.3 is 9.47 Å². The van der Waals surface area contributed by atoms with Crippen LogP contribution in [0.5, 0.6) is 11.6 Å². The van der Waals surface area contributed by atoms with Gasteiger partial charge >= 0.3 is 0 Å². The van der Waals surface area contributed by atoms with Gasteiger partial charge in [-0.15, -0.1) is 0 Å². The highest BCUT2D eigenvalue weighted by atomic mass is 16.5. The topological polar surface area (TPSA) is 55.1 Å². The molecular formula is C11H12N2O2. The van der Waals surface area contributed by atoms with E-state index in [1.165, 1.54) is 0 Å². The van der Waals surface area contributed by atoms with Crippen LogP contribution in [0.25, 0.3) is 0 Å². The van der Waals surface area contributed by atoms with Gasteiger partial charge in [-0.05, 0) is 12.8 Å². The van der Waals surface area contributed by atoms with E-state index >= 15 is 0 Å². The third-order valence-electron chi connectivity index (χ3n) is 2.75. The molecule has 0 amide bonds. The molecule has 0 aromatic carbocycles. The van der Waals surface area contributed by atoms with Crippen molar-refractivity contribution in [2.75, 3.05) is 14.2 Å². The van der Waals surface area contributed by atoms with Crippen molar-refractivity contribution in [3.63, 3.8) is 0 Å². The molecule has 1 aromatic heterocycles. The molecule has 78 valence electrons. The fraction of sp³-hybridized carbons (Fsp3) is 0.455. The van der Waals surface area contributed by atoms with Crippen LogP contribution in [0.3, 0.4) is 0 Å². The van der Waals surface area contributed by atoms with E-state index in [0.717, 1.165) is 18.4 Å². The lowest BCUT2D eigenvalue weighted by atomic mass is 9.99. The van der Waals surface area contributed by atoms with E-state index in [1.807, 2.05) is 0 Å². The average molecular weight is 204 g/mol. The van der Waals surface area contributed by atoms with Crippen LogP contribution in [0, 0.1) is 11.3 Å². The molecule has 0 N–H and O–H groups in total. The molecule has 1 saturated carbocycles. The zero-order valence-electron chi connectivity index (χ0n) is 8.78. The molecule has 1 aliphatic carbocycles. The van der Waals surface area contributed by atoms with E-state index in [0.29, 0.717) is 11.6 Å². The Bertz CT molecular complexity index is 419. The van der Waals surface area contributed by atoms with Crippen LogP contribution in [-0.4, -0.2) is 19.2 Å². The normalized spacial score (nSPS) is 16.6. The Morgan fingerprint density at radius 3 is 2.60 bits per heavy atom. The van der Waals surface area contributed by atoms with Gasteiger partial charge in [0.15, 0.2) is 0 Å². The van der Waals surface area contributed by atoms with E-state index < -0.39 is 0 Å². The van der Waals surface area contributed by atoms with Crippen molar-refractivity contribution in [3.8, 4) is 17.7 Å². The number of ether oxygens (including phenoxy) is 2. The van der Waals surface area contributed by atoms with Gasteiger partial charge in [-0.25, -0.2) is 4.98 Å². The number of hydrogen-bond acceptors (Lipinski definition) is 4. The van der Waals surface area contributed by atoms with Crippen molar-refractivity contribution in [1.82, 2.24) is 4.98 Å². The monoisotopic (exact) mass is 204 g/mol. The van der Waals surface area contributed by atoms with E-state index in [9.17, 15) is 0 Å². The Labute approximate surface area is 88.5 Å². The minimum absolute atomic E-state index is 0.370. The van der Waals surface area contributed by atoms with Crippen LogP contribution < -0.4 is 9.47 Å². The summed E-state index contributed by atoms with van der Waals surface area (Å²) >= 11 is 0. The van der Waals surface area contributed by atoms with Crippen LogP contribution in [0.15, 0.2) is 12.3 Å². The molecule has 4 heteroatoms. The smallest absolute Gasteiger partial charge is 0.216 e. The Kier molecular flexibility index (Phi) is 2.24. The summed E-state index contributed by atoms with van der Waals surface area (Å²) in [7, 11) is 3.14. The minimum atomic E-state index is -0.370. The standard InChI is InChI=1S/C11H12N2O2/c1-14-9-5-10(15-2)13-6-8(9)11(7-12)3-4-11/h5-6H,3-4H2,1-2H3. The second-order valence-corrected chi connectivity index (χ2v) is 3.62. The van der Waals surface area contributed by atoms with Gasteiger partial charge in [0.05, 0.1) is 25.7 Å². The zero-order valence-corrected chi connectivity index (χ0v) is 8.78. The first-order valence-electron chi connectivity index (χ1n) is 4.75. The number of nitriles is 1. The Balaban J connectivity index is 2.45. The predicted octanol–water partition coefficient (Wildman–Crippen LogP) is 1.65. The molecule has 0 unspecified atom stereocenters. The molecular weight excluding hydrogens is 192 g/mol. The highest BCUT2D eigenvalue weighted by Crippen LogP contribution is 2.50. The maximum absolute atomic E-state index is 9.09. The molecule has 2 rings (SSSR count). The fourth-order valence-electron chi connectivity index (χ4n) is 1.63. The summed E-state index contributed by atoms with van der Waals surface area (Å²) in [4.78, 5) is 4.11. The van der Waals surface area contributed by atoms with Crippen molar-refractivity contribution in [2.24, 2.45) is 0 Å². The summed E-state index contributed by atoms with van der Waals surface area (Å²) in [5, 5.41) is 9.09. The molecule has 1 heterocycles. The second kappa shape index (κ2) is 3.43. The molecule has 0 bridgehead atoms. The van der Waals surface area contributed by atoms with Crippen molar-refractivity contribution in [2.45, 2.75) is 18.3 Å². The molecule has 15 heavy (non-hydrogen) atoms. The summed E-state index contributed by atoms with van der Waals surface area (Å²) in [6, 6.07) is 4.04. The summed E-state index contributed by atoms with van der Waals surface area (Å²) in [6.45, 7) is 0. The largest absolute Gasteiger partial charge is 0.496 e. The van der Waals surface area contributed by atoms with E-state index in [-0.39, 0.29) is 5.41 Å². The maximum atomic E-state index is 9.09. The van der Waals surface area contributed by atoms with Crippen molar-refractivity contribution in [3.05, 3.63) is 17.8 Å². The van der Waals surface area contributed by atoms with Gasteiger partial charge in [-0.3, -0.25) is 0 Å². The first-order valence-corrected chi connectivity index (χ1v) is 4.75. The third kappa shape index (κ3) is 1.50. The van der Waals surface area contributed by atoms with Gasteiger partial charge in [0.2, 0.25) is 5.88 Å². The summed E-state index contributed by atoms with van der Waals surface area (Å²) < 4.78 is 10.2. The molecule has 0 aliphatic heterocycles. The number of hydrogen-bond donors (Lipinski definition) is 0. The van der Waals surface area contributed by atoms with Gasteiger partial charge in [0, 0.05) is 17.8 Å². The summed E-state index contributed by atoms with van der Waals surface area (Å²) in [6.07, 6.45) is 3.44. The van der Waals surface area contributed by atoms with Crippen molar-refractivity contribution >= 4 is 0 Å². The number of nitrogens with zero attached hydrogens (tertiary/aromatic N) is 2. The number of aromatic nitrogens is 1. The van der Waals surface area contributed by atoms with Crippen LogP contribution >= 0.6 is 0 Å². The van der Waals surface area contributed by atoms with Crippen LogP contribution in [0.1, 0.15) is 18.4 Å². The molecule has 0 saturated heterocycles. The lowest BCUT2D eigenvalue weighted by molar-refractivity contribution is 0.378. The summed E-state index contributed by atoms with van der Waals surface area (Å²) in [5.41, 5.74) is 0.498. The lowest BCUT2D eigenvalue weighted by Crippen LogP contribution is -2.06. The maximum Gasteiger partial charge on any atom is 0.216 e. The zero-order chi connectivity index (χ0) is 10.9. The SMILES string of the molecule is COc1cc(OC)c(C2(C#N)CC2)cn1. The van der Waals surface area contributed by atoms with E-state index in [2.05, 4.69) is 11.1 Å². The lowest BCUT2D eigenvalue weighted by Gasteiger charge is -2.12. The van der Waals surface area contributed by atoms with Crippen molar-refractivity contribution < 1.29 is 9.47 Å². The van der Waals surface area contributed by atoms with Crippen LogP contribution in [0.2, 0.25) is 0 Å². The van der Waals surface area contributed by atoms with Crippen LogP contribution in [-0.2, 0) is 5.41 Å². The summed E-state index contributed by atoms with van der Waals surface area (Å²) in [5.74, 6) is 1.19. The first-order chi connectivity index (χ1) is 7.25. The predicted molar refractivity (Wildman–Crippen MR) is 53.9 cm³/mol. The molecule has 0 atom stereocenters. The number of rotatable bonds is 3. The first kappa shape index (κ1) is 9.78. The minimum Gasteiger partial charge on any atom is -0.496 e. The Morgan fingerprint density at radius 1 is 1.40 bits per heavy atom. The van der Waals surface area contributed by atoms with E-state index in [1.54, 1.807) is 26.5 Å². The third-order valence-corrected chi connectivity index (χ3v) is 2.75.